The second-order valence-electron chi connectivity index (χ2n) is 5.01. The number of hydrogen-bond donors (Lipinski definition) is 0. The van der Waals surface area contributed by atoms with Gasteiger partial charge in [0.15, 0.2) is 0 Å². The molecule has 1 aromatic carbocycles. The molecule has 0 aliphatic rings. The molecular weight excluding hydrogens is 343 g/mol. The normalized spacial score (nSPS) is 10.3. The van der Waals surface area contributed by atoms with E-state index in [0.29, 0.717) is 12.2 Å². The highest BCUT2D eigenvalue weighted by molar-refractivity contribution is 7.20. The fraction of sp³-hybridized carbons (Fsp3) is 0.111. The van der Waals surface area contributed by atoms with Gasteiger partial charge in [0.05, 0.1) is 11.4 Å². The number of benzene rings is 1. The number of nitrogens with zero attached hydrogens (tertiary/aromatic N) is 2. The lowest BCUT2D eigenvalue weighted by molar-refractivity contribution is 0.0761. The van der Waals surface area contributed by atoms with E-state index in [4.69, 9.17) is 6.42 Å². The van der Waals surface area contributed by atoms with E-state index in [9.17, 15) is 9.18 Å². The molecule has 120 valence electrons. The minimum Gasteiger partial charge on any atom is -0.322 e. The molecule has 0 aliphatic carbocycles. The van der Waals surface area contributed by atoms with E-state index in [1.54, 1.807) is 28.8 Å². The monoisotopic (exact) mass is 356 g/mol. The average Bonchev–Trinajstić information content (AvgIpc) is 3.27. The van der Waals surface area contributed by atoms with E-state index >= 15 is 0 Å². The number of carbonyl (C=O) groups is 1. The standard InChI is InChI=1S/C18H13FN2OS2/c1-2-9-21(11-13-5-7-14(19)8-6-13)18(22)15-12-24-17(20-15)16-4-3-10-23-16/h1,3-8,10,12H,9,11H2. The summed E-state index contributed by atoms with van der Waals surface area (Å²) in [6, 6.07) is 9.93. The van der Waals surface area contributed by atoms with Crippen molar-refractivity contribution in [2.75, 3.05) is 6.54 Å². The molecule has 0 atom stereocenters. The van der Waals surface area contributed by atoms with Crippen LogP contribution < -0.4 is 0 Å². The van der Waals surface area contributed by atoms with Crippen LogP contribution >= 0.6 is 22.7 Å². The number of thiophene rings is 1. The highest BCUT2D eigenvalue weighted by atomic mass is 32.1. The molecular formula is C18H13FN2OS2. The lowest BCUT2D eigenvalue weighted by atomic mass is 10.2. The Balaban J connectivity index is 1.79. The highest BCUT2D eigenvalue weighted by Crippen LogP contribution is 2.28. The van der Waals surface area contributed by atoms with Gasteiger partial charge < -0.3 is 4.90 Å². The zero-order valence-electron chi connectivity index (χ0n) is 12.6. The molecule has 0 radical (unpaired) electrons. The minimum absolute atomic E-state index is 0.169. The van der Waals surface area contributed by atoms with E-state index in [1.807, 2.05) is 17.5 Å². The van der Waals surface area contributed by atoms with Gasteiger partial charge in [0.25, 0.3) is 5.91 Å². The van der Waals surface area contributed by atoms with Crippen molar-refractivity contribution in [3.05, 3.63) is 64.2 Å². The molecule has 2 heterocycles. The summed E-state index contributed by atoms with van der Waals surface area (Å²) in [5, 5.41) is 4.53. The van der Waals surface area contributed by atoms with Crippen LogP contribution in [0.4, 0.5) is 4.39 Å². The lowest BCUT2D eigenvalue weighted by Crippen LogP contribution is -2.31. The summed E-state index contributed by atoms with van der Waals surface area (Å²) in [6.45, 7) is 0.483. The number of rotatable bonds is 5. The maximum Gasteiger partial charge on any atom is 0.274 e. The Hall–Kier alpha value is -2.49. The maximum absolute atomic E-state index is 13.0. The van der Waals surface area contributed by atoms with Crippen LogP contribution in [0.5, 0.6) is 0 Å². The fourth-order valence-electron chi connectivity index (χ4n) is 2.17. The van der Waals surface area contributed by atoms with Crippen LogP contribution in [0.15, 0.2) is 47.2 Å². The summed E-state index contributed by atoms with van der Waals surface area (Å²) in [5.74, 6) is 1.96. The number of hydrogen-bond acceptors (Lipinski definition) is 4. The van der Waals surface area contributed by atoms with Gasteiger partial charge in [-0.1, -0.05) is 24.1 Å². The van der Waals surface area contributed by atoms with Crippen LogP contribution in [0.25, 0.3) is 9.88 Å². The molecule has 0 unspecified atom stereocenters. The molecule has 0 N–H and O–H groups in total. The lowest BCUT2D eigenvalue weighted by Gasteiger charge is -2.19. The molecule has 0 spiro atoms. The van der Waals surface area contributed by atoms with E-state index < -0.39 is 0 Å². The quantitative estimate of drug-likeness (QED) is 0.639. The topological polar surface area (TPSA) is 33.2 Å². The number of amides is 1. The van der Waals surface area contributed by atoms with E-state index in [2.05, 4.69) is 10.9 Å². The highest BCUT2D eigenvalue weighted by Gasteiger charge is 2.19. The average molecular weight is 356 g/mol. The SMILES string of the molecule is C#CCN(Cc1ccc(F)cc1)C(=O)c1csc(-c2cccs2)n1. The first-order chi connectivity index (χ1) is 11.7. The van der Waals surface area contributed by atoms with Crippen molar-refractivity contribution in [2.45, 2.75) is 6.54 Å². The molecule has 0 fully saturated rings. The molecule has 24 heavy (non-hydrogen) atoms. The second-order valence-corrected chi connectivity index (χ2v) is 6.81. The predicted molar refractivity (Wildman–Crippen MR) is 95.4 cm³/mol. The van der Waals surface area contributed by atoms with Crippen molar-refractivity contribution in [1.29, 1.82) is 0 Å². The Bertz CT molecular complexity index is 863. The first-order valence-electron chi connectivity index (χ1n) is 7.14. The number of terminal acetylenes is 1. The maximum atomic E-state index is 13.0. The summed E-state index contributed by atoms with van der Waals surface area (Å²) < 4.78 is 13.0. The van der Waals surface area contributed by atoms with Gasteiger partial charge in [-0.05, 0) is 29.1 Å². The van der Waals surface area contributed by atoms with Crippen molar-refractivity contribution < 1.29 is 9.18 Å². The number of aromatic nitrogens is 1. The third-order valence-electron chi connectivity index (χ3n) is 3.31. The van der Waals surface area contributed by atoms with Crippen LogP contribution in [0.2, 0.25) is 0 Å². The summed E-state index contributed by atoms with van der Waals surface area (Å²) in [6.07, 6.45) is 5.39. The van der Waals surface area contributed by atoms with Crippen LogP contribution in [0.3, 0.4) is 0 Å². The van der Waals surface area contributed by atoms with Gasteiger partial charge in [-0.15, -0.1) is 29.1 Å². The molecule has 0 bridgehead atoms. The summed E-state index contributed by atoms with van der Waals surface area (Å²) in [5.41, 5.74) is 1.19. The van der Waals surface area contributed by atoms with Gasteiger partial charge in [0, 0.05) is 11.9 Å². The van der Waals surface area contributed by atoms with Crippen molar-refractivity contribution in [1.82, 2.24) is 9.88 Å². The van der Waals surface area contributed by atoms with E-state index in [1.165, 1.54) is 28.4 Å². The smallest absolute Gasteiger partial charge is 0.274 e. The Labute approximate surface area is 147 Å². The predicted octanol–water partition coefficient (Wildman–Crippen LogP) is 4.29. The van der Waals surface area contributed by atoms with Crippen molar-refractivity contribution in [3.63, 3.8) is 0 Å². The summed E-state index contributed by atoms with van der Waals surface area (Å²) >= 11 is 3.01. The molecule has 3 aromatic rings. The number of halogens is 1. The van der Waals surface area contributed by atoms with Crippen LogP contribution in [-0.4, -0.2) is 22.3 Å². The molecule has 0 saturated carbocycles. The Kier molecular flexibility index (Phi) is 5.04. The number of thiazole rings is 1. The fourth-order valence-corrected chi connectivity index (χ4v) is 3.78. The molecule has 3 nitrogen and oxygen atoms in total. The Morgan fingerprint density at radius 2 is 2.04 bits per heavy atom. The van der Waals surface area contributed by atoms with Gasteiger partial charge in [0.1, 0.15) is 16.5 Å². The van der Waals surface area contributed by atoms with Crippen LogP contribution in [-0.2, 0) is 6.54 Å². The zero-order chi connectivity index (χ0) is 16.9. The van der Waals surface area contributed by atoms with Gasteiger partial charge in [-0.2, -0.15) is 0 Å². The van der Waals surface area contributed by atoms with Crippen molar-refractivity contribution in [2.24, 2.45) is 0 Å². The third-order valence-corrected chi connectivity index (χ3v) is 5.19. The Morgan fingerprint density at radius 3 is 2.71 bits per heavy atom. The van der Waals surface area contributed by atoms with Gasteiger partial charge in [0.2, 0.25) is 0 Å². The first kappa shape index (κ1) is 16.4. The van der Waals surface area contributed by atoms with Gasteiger partial charge >= 0.3 is 0 Å². The van der Waals surface area contributed by atoms with Crippen LogP contribution in [0.1, 0.15) is 16.1 Å². The zero-order valence-corrected chi connectivity index (χ0v) is 14.2. The third kappa shape index (κ3) is 3.70. The summed E-state index contributed by atoms with van der Waals surface area (Å²) in [7, 11) is 0. The number of carbonyl (C=O) groups excluding carboxylic acids is 1. The first-order valence-corrected chi connectivity index (χ1v) is 8.90. The molecule has 2 aromatic heterocycles. The largest absolute Gasteiger partial charge is 0.322 e. The van der Waals surface area contributed by atoms with Crippen molar-refractivity contribution in [3.8, 4) is 22.2 Å². The molecule has 6 heteroatoms. The summed E-state index contributed by atoms with van der Waals surface area (Å²) in [4.78, 5) is 19.7. The molecule has 1 amide bonds. The van der Waals surface area contributed by atoms with Gasteiger partial charge in [-0.25, -0.2) is 9.37 Å². The molecule has 0 saturated heterocycles. The van der Waals surface area contributed by atoms with E-state index in [-0.39, 0.29) is 18.3 Å². The Morgan fingerprint density at radius 1 is 1.25 bits per heavy atom. The second kappa shape index (κ2) is 7.39. The molecule has 0 aliphatic heterocycles. The van der Waals surface area contributed by atoms with E-state index in [0.717, 1.165) is 15.4 Å². The molecule has 3 rings (SSSR count). The van der Waals surface area contributed by atoms with Gasteiger partial charge in [-0.3, -0.25) is 4.79 Å². The van der Waals surface area contributed by atoms with Crippen LogP contribution in [0, 0.1) is 18.2 Å². The van der Waals surface area contributed by atoms with Crippen molar-refractivity contribution >= 4 is 28.6 Å². The minimum atomic E-state index is -0.311.